The largest absolute Gasteiger partial charge is 0.495 e. The monoisotopic (exact) mass is 219 g/mol. The molecule has 0 amide bonds. The van der Waals surface area contributed by atoms with Crippen molar-refractivity contribution in [1.82, 2.24) is 14.8 Å². The topological polar surface area (TPSA) is 60.2 Å². The molecule has 0 fully saturated rings. The molecule has 0 saturated heterocycles. The van der Waals surface area contributed by atoms with Crippen LogP contribution in [0.2, 0.25) is 0 Å². The summed E-state index contributed by atoms with van der Waals surface area (Å²) in [7, 11) is 1.61. The number of rotatable bonds is 3. The maximum absolute atomic E-state index is 9.14. The van der Waals surface area contributed by atoms with E-state index >= 15 is 0 Å². The highest BCUT2D eigenvalue weighted by atomic mass is 16.5. The molecule has 1 aromatic carbocycles. The van der Waals surface area contributed by atoms with Crippen molar-refractivity contribution in [2.24, 2.45) is 0 Å². The van der Waals surface area contributed by atoms with Crippen LogP contribution in [0.25, 0.3) is 5.69 Å². The van der Waals surface area contributed by atoms with Gasteiger partial charge in [-0.25, -0.2) is 0 Å². The van der Waals surface area contributed by atoms with Gasteiger partial charge in [0.25, 0.3) is 0 Å². The Bertz CT molecular complexity index is 494. The summed E-state index contributed by atoms with van der Waals surface area (Å²) in [4.78, 5) is 0. The molecule has 0 aliphatic carbocycles. The standard InChI is InChI=1S/C11H13N3O2/c1-8-3-4-10(16-2)9(5-8)14-7-12-13-11(14)6-15/h3-5,7,15H,6H2,1-2H3. The van der Waals surface area contributed by atoms with Crippen molar-refractivity contribution in [1.29, 1.82) is 0 Å². The van der Waals surface area contributed by atoms with Crippen LogP contribution in [0.3, 0.4) is 0 Å². The van der Waals surface area contributed by atoms with Gasteiger partial charge in [-0.3, -0.25) is 4.57 Å². The number of benzene rings is 1. The van der Waals surface area contributed by atoms with Crippen LogP contribution in [0.5, 0.6) is 5.75 Å². The zero-order chi connectivity index (χ0) is 11.5. The van der Waals surface area contributed by atoms with Gasteiger partial charge in [-0.1, -0.05) is 6.07 Å². The van der Waals surface area contributed by atoms with E-state index in [1.165, 1.54) is 0 Å². The first-order chi connectivity index (χ1) is 7.76. The van der Waals surface area contributed by atoms with Crippen molar-refractivity contribution < 1.29 is 9.84 Å². The molecule has 0 aliphatic heterocycles. The van der Waals surface area contributed by atoms with Crippen molar-refractivity contribution in [3.63, 3.8) is 0 Å². The summed E-state index contributed by atoms with van der Waals surface area (Å²) in [6, 6.07) is 5.80. The van der Waals surface area contributed by atoms with Crippen molar-refractivity contribution in [2.45, 2.75) is 13.5 Å². The molecule has 1 heterocycles. The second-order valence-corrected chi connectivity index (χ2v) is 3.45. The Morgan fingerprint density at radius 1 is 1.44 bits per heavy atom. The molecule has 1 aromatic heterocycles. The highest BCUT2D eigenvalue weighted by Gasteiger charge is 2.10. The highest BCUT2D eigenvalue weighted by molar-refractivity contribution is 5.49. The van der Waals surface area contributed by atoms with E-state index in [0.29, 0.717) is 5.82 Å². The SMILES string of the molecule is COc1ccc(C)cc1-n1cnnc1CO. The van der Waals surface area contributed by atoms with Gasteiger partial charge >= 0.3 is 0 Å². The summed E-state index contributed by atoms with van der Waals surface area (Å²) in [6.45, 7) is 1.84. The minimum absolute atomic E-state index is 0.156. The first kappa shape index (κ1) is 10.6. The molecule has 0 spiro atoms. The second kappa shape index (κ2) is 4.32. The highest BCUT2D eigenvalue weighted by Crippen LogP contribution is 2.24. The molecule has 5 nitrogen and oxygen atoms in total. The third kappa shape index (κ3) is 1.77. The quantitative estimate of drug-likeness (QED) is 0.839. The first-order valence-electron chi connectivity index (χ1n) is 4.91. The predicted octanol–water partition coefficient (Wildman–Crippen LogP) is 1.08. The van der Waals surface area contributed by atoms with E-state index < -0.39 is 0 Å². The van der Waals surface area contributed by atoms with Crippen LogP contribution in [0.1, 0.15) is 11.4 Å². The number of aliphatic hydroxyl groups excluding tert-OH is 1. The van der Waals surface area contributed by atoms with Gasteiger partial charge in [-0.05, 0) is 24.6 Å². The maximum Gasteiger partial charge on any atom is 0.163 e. The van der Waals surface area contributed by atoms with E-state index in [1.54, 1.807) is 18.0 Å². The lowest BCUT2D eigenvalue weighted by atomic mass is 10.2. The van der Waals surface area contributed by atoms with Crippen LogP contribution < -0.4 is 4.74 Å². The lowest BCUT2D eigenvalue weighted by Crippen LogP contribution is -2.02. The Hall–Kier alpha value is -1.88. The van der Waals surface area contributed by atoms with Gasteiger partial charge in [0.2, 0.25) is 0 Å². The van der Waals surface area contributed by atoms with Crippen molar-refractivity contribution in [2.75, 3.05) is 7.11 Å². The molecule has 0 radical (unpaired) electrons. The van der Waals surface area contributed by atoms with Gasteiger partial charge in [-0.2, -0.15) is 0 Å². The summed E-state index contributed by atoms with van der Waals surface area (Å²) < 4.78 is 6.98. The van der Waals surface area contributed by atoms with Gasteiger partial charge < -0.3 is 9.84 Å². The van der Waals surface area contributed by atoms with Gasteiger partial charge in [0.1, 0.15) is 18.7 Å². The van der Waals surface area contributed by atoms with Crippen LogP contribution in [0, 0.1) is 6.92 Å². The van der Waals surface area contributed by atoms with Crippen LogP contribution in [-0.4, -0.2) is 27.0 Å². The first-order valence-corrected chi connectivity index (χ1v) is 4.91. The smallest absolute Gasteiger partial charge is 0.163 e. The van der Waals surface area contributed by atoms with Gasteiger partial charge in [-0.15, -0.1) is 10.2 Å². The van der Waals surface area contributed by atoms with E-state index in [9.17, 15) is 0 Å². The fourth-order valence-corrected chi connectivity index (χ4v) is 1.56. The number of aryl methyl sites for hydroxylation is 1. The minimum atomic E-state index is -0.156. The third-order valence-corrected chi connectivity index (χ3v) is 2.35. The predicted molar refractivity (Wildman–Crippen MR) is 58.6 cm³/mol. The summed E-state index contributed by atoms with van der Waals surface area (Å²) in [5, 5.41) is 16.7. The number of aliphatic hydroxyl groups is 1. The Kier molecular flexibility index (Phi) is 2.87. The number of ether oxygens (including phenoxy) is 1. The molecule has 0 atom stereocenters. The number of nitrogens with zero attached hydrogens (tertiary/aromatic N) is 3. The number of hydrogen-bond donors (Lipinski definition) is 1. The van der Waals surface area contributed by atoms with Crippen molar-refractivity contribution in [3.05, 3.63) is 35.9 Å². The van der Waals surface area contributed by atoms with Crippen LogP contribution in [0.15, 0.2) is 24.5 Å². The van der Waals surface area contributed by atoms with Gasteiger partial charge in [0.05, 0.1) is 12.8 Å². The Balaban J connectivity index is 2.58. The van der Waals surface area contributed by atoms with E-state index in [2.05, 4.69) is 10.2 Å². The van der Waals surface area contributed by atoms with E-state index in [0.717, 1.165) is 17.0 Å². The third-order valence-electron chi connectivity index (χ3n) is 2.35. The maximum atomic E-state index is 9.14. The molecule has 0 aliphatic rings. The fraction of sp³-hybridized carbons (Fsp3) is 0.273. The van der Waals surface area contributed by atoms with Crippen LogP contribution in [0.4, 0.5) is 0 Å². The molecule has 0 unspecified atom stereocenters. The Labute approximate surface area is 93.3 Å². The lowest BCUT2D eigenvalue weighted by molar-refractivity contribution is 0.268. The summed E-state index contributed by atoms with van der Waals surface area (Å²) >= 11 is 0. The number of aromatic nitrogens is 3. The zero-order valence-corrected chi connectivity index (χ0v) is 9.21. The minimum Gasteiger partial charge on any atom is -0.495 e. The molecule has 2 rings (SSSR count). The van der Waals surface area contributed by atoms with Crippen LogP contribution >= 0.6 is 0 Å². The molecular formula is C11H13N3O2. The number of hydrogen-bond acceptors (Lipinski definition) is 4. The molecular weight excluding hydrogens is 206 g/mol. The number of methoxy groups -OCH3 is 1. The Morgan fingerprint density at radius 2 is 2.25 bits per heavy atom. The molecule has 0 saturated carbocycles. The van der Waals surface area contributed by atoms with Gasteiger partial charge in [0, 0.05) is 0 Å². The zero-order valence-electron chi connectivity index (χ0n) is 9.21. The Morgan fingerprint density at radius 3 is 2.94 bits per heavy atom. The molecule has 16 heavy (non-hydrogen) atoms. The normalized spacial score (nSPS) is 10.4. The van der Waals surface area contributed by atoms with Crippen molar-refractivity contribution in [3.8, 4) is 11.4 Å². The molecule has 1 N–H and O–H groups in total. The summed E-state index contributed by atoms with van der Waals surface area (Å²) in [5.41, 5.74) is 1.94. The average Bonchev–Trinajstić information content (AvgIpc) is 2.76. The molecule has 0 bridgehead atoms. The lowest BCUT2D eigenvalue weighted by Gasteiger charge is -2.11. The van der Waals surface area contributed by atoms with E-state index in [1.807, 2.05) is 25.1 Å². The average molecular weight is 219 g/mol. The van der Waals surface area contributed by atoms with Gasteiger partial charge in [0.15, 0.2) is 5.82 Å². The van der Waals surface area contributed by atoms with Crippen LogP contribution in [-0.2, 0) is 6.61 Å². The molecule has 2 aromatic rings. The van der Waals surface area contributed by atoms with E-state index in [4.69, 9.17) is 9.84 Å². The fourth-order valence-electron chi connectivity index (χ4n) is 1.56. The second-order valence-electron chi connectivity index (χ2n) is 3.45. The summed E-state index contributed by atoms with van der Waals surface area (Å²) in [6.07, 6.45) is 1.56. The summed E-state index contributed by atoms with van der Waals surface area (Å²) in [5.74, 6) is 1.21. The van der Waals surface area contributed by atoms with E-state index in [-0.39, 0.29) is 6.61 Å². The van der Waals surface area contributed by atoms with Crippen molar-refractivity contribution >= 4 is 0 Å². The molecule has 5 heteroatoms. The molecule has 84 valence electrons.